The molecule has 2 rings (SSSR count). The third kappa shape index (κ3) is 2.21. The van der Waals surface area contributed by atoms with Gasteiger partial charge in [0, 0.05) is 12.7 Å². The number of nitrogens with zero attached hydrogens (tertiary/aromatic N) is 3. The molecule has 0 atom stereocenters. The molecule has 1 aliphatic rings. The van der Waals surface area contributed by atoms with E-state index in [1.54, 1.807) is 0 Å². The van der Waals surface area contributed by atoms with Gasteiger partial charge >= 0.3 is 0 Å². The van der Waals surface area contributed by atoms with Crippen molar-refractivity contribution < 1.29 is 0 Å². The first-order valence-electron chi connectivity index (χ1n) is 4.86. The van der Waals surface area contributed by atoms with E-state index in [0.29, 0.717) is 5.82 Å². The highest BCUT2D eigenvalue weighted by Gasteiger charge is 2.12. The highest BCUT2D eigenvalue weighted by atomic mass is 15.3. The molecule has 1 aromatic heterocycles. The zero-order valence-corrected chi connectivity index (χ0v) is 7.82. The first-order chi connectivity index (χ1) is 6.34. The number of nitrogens with two attached hydrogens (primary N) is 1. The van der Waals surface area contributed by atoms with Crippen LogP contribution in [-0.4, -0.2) is 34.3 Å². The highest BCUT2D eigenvalue weighted by Crippen LogP contribution is 2.06. The molecule has 1 saturated heterocycles. The summed E-state index contributed by atoms with van der Waals surface area (Å²) in [5.74, 6) is 0.615. The van der Waals surface area contributed by atoms with E-state index >= 15 is 0 Å². The van der Waals surface area contributed by atoms with Gasteiger partial charge in [-0.05, 0) is 38.5 Å². The second-order valence-corrected chi connectivity index (χ2v) is 3.55. The fourth-order valence-electron chi connectivity index (χ4n) is 1.56. The quantitative estimate of drug-likeness (QED) is 0.736. The molecule has 0 bridgehead atoms. The van der Waals surface area contributed by atoms with Gasteiger partial charge in [-0.1, -0.05) is 0 Å². The van der Waals surface area contributed by atoms with Gasteiger partial charge in [0.25, 0.3) is 0 Å². The third-order valence-corrected chi connectivity index (χ3v) is 2.47. The van der Waals surface area contributed by atoms with E-state index in [9.17, 15) is 0 Å². The summed E-state index contributed by atoms with van der Waals surface area (Å²) in [6.45, 7) is 4.73. The molecule has 0 aliphatic carbocycles. The molecule has 0 saturated carbocycles. The van der Waals surface area contributed by atoms with Crippen LogP contribution >= 0.6 is 0 Å². The Morgan fingerprint density at radius 2 is 2.23 bits per heavy atom. The van der Waals surface area contributed by atoms with Crippen LogP contribution in [0.3, 0.4) is 0 Å². The second-order valence-electron chi connectivity index (χ2n) is 3.55. The largest absolute Gasteiger partial charge is 0.382 e. The summed E-state index contributed by atoms with van der Waals surface area (Å²) in [5.41, 5.74) is 5.51. The van der Waals surface area contributed by atoms with Gasteiger partial charge < -0.3 is 10.6 Å². The van der Waals surface area contributed by atoms with Crippen LogP contribution in [-0.2, 0) is 6.54 Å². The summed E-state index contributed by atoms with van der Waals surface area (Å²) >= 11 is 0. The highest BCUT2D eigenvalue weighted by molar-refractivity contribution is 5.23. The number of anilines is 1. The van der Waals surface area contributed by atoms with Gasteiger partial charge in [-0.15, -0.1) is 0 Å². The lowest BCUT2D eigenvalue weighted by molar-refractivity contribution is 0.176. The summed E-state index contributed by atoms with van der Waals surface area (Å²) in [7, 11) is 0. The Labute approximate surface area is 78.3 Å². The number of hydrogen-bond acceptors (Lipinski definition) is 3. The molecular formula is C9H16N4. The monoisotopic (exact) mass is 180 g/mol. The molecule has 0 unspecified atom stereocenters. The van der Waals surface area contributed by atoms with Crippen molar-refractivity contribution in [1.82, 2.24) is 14.7 Å². The van der Waals surface area contributed by atoms with Gasteiger partial charge in [0.05, 0.1) is 0 Å². The summed E-state index contributed by atoms with van der Waals surface area (Å²) < 4.78 is 1.91. The summed E-state index contributed by atoms with van der Waals surface area (Å²) in [6, 6.07) is 1.84. The molecule has 0 aromatic carbocycles. The third-order valence-electron chi connectivity index (χ3n) is 2.47. The lowest BCUT2D eigenvalue weighted by Gasteiger charge is -2.30. The SMILES string of the molecule is Nc1ccn(CCCN2CCC2)n1. The van der Waals surface area contributed by atoms with Crippen molar-refractivity contribution in [3.63, 3.8) is 0 Å². The van der Waals surface area contributed by atoms with Crippen molar-refractivity contribution in [3.8, 4) is 0 Å². The standard InChI is InChI=1S/C9H16N4/c10-9-3-8-13(11-9)7-2-6-12-4-1-5-12/h3,8H,1-2,4-7H2,(H2,10,11). The predicted octanol–water partition coefficient (Wildman–Crippen LogP) is 0.561. The van der Waals surface area contributed by atoms with E-state index in [4.69, 9.17) is 5.73 Å². The average Bonchev–Trinajstić information content (AvgIpc) is 2.42. The van der Waals surface area contributed by atoms with Crippen LogP contribution in [0.15, 0.2) is 12.3 Å². The Kier molecular flexibility index (Phi) is 2.49. The molecule has 2 N–H and O–H groups in total. The maximum absolute atomic E-state index is 5.51. The molecule has 13 heavy (non-hydrogen) atoms. The first-order valence-corrected chi connectivity index (χ1v) is 4.86. The molecule has 1 fully saturated rings. The van der Waals surface area contributed by atoms with E-state index in [0.717, 1.165) is 6.54 Å². The van der Waals surface area contributed by atoms with Crippen molar-refractivity contribution in [1.29, 1.82) is 0 Å². The Bertz CT molecular complexity index is 264. The molecule has 4 heteroatoms. The van der Waals surface area contributed by atoms with Crippen molar-refractivity contribution in [2.45, 2.75) is 19.4 Å². The number of aryl methyl sites for hydroxylation is 1. The molecular weight excluding hydrogens is 164 g/mol. The average molecular weight is 180 g/mol. The minimum atomic E-state index is 0.615. The lowest BCUT2D eigenvalue weighted by atomic mass is 10.2. The number of likely N-dealkylation sites (tertiary alicyclic amines) is 1. The van der Waals surface area contributed by atoms with Gasteiger partial charge in [0.15, 0.2) is 0 Å². The molecule has 4 nitrogen and oxygen atoms in total. The normalized spacial score (nSPS) is 17.2. The van der Waals surface area contributed by atoms with E-state index < -0.39 is 0 Å². The van der Waals surface area contributed by atoms with E-state index in [1.807, 2.05) is 16.9 Å². The van der Waals surface area contributed by atoms with Crippen LogP contribution in [0.5, 0.6) is 0 Å². The molecule has 2 heterocycles. The zero-order chi connectivity index (χ0) is 9.10. The van der Waals surface area contributed by atoms with Crippen LogP contribution in [0, 0.1) is 0 Å². The van der Waals surface area contributed by atoms with Crippen LogP contribution in [0.1, 0.15) is 12.8 Å². The maximum Gasteiger partial charge on any atom is 0.145 e. The fourth-order valence-corrected chi connectivity index (χ4v) is 1.56. The Hall–Kier alpha value is -1.03. The Morgan fingerprint density at radius 1 is 1.38 bits per heavy atom. The summed E-state index contributed by atoms with van der Waals surface area (Å²) in [6.07, 6.45) is 4.47. The van der Waals surface area contributed by atoms with Crippen LogP contribution in [0.2, 0.25) is 0 Å². The number of aromatic nitrogens is 2. The summed E-state index contributed by atoms with van der Waals surface area (Å²) in [4.78, 5) is 2.47. The van der Waals surface area contributed by atoms with Crippen molar-refractivity contribution >= 4 is 5.82 Å². The van der Waals surface area contributed by atoms with Gasteiger partial charge in [-0.2, -0.15) is 5.10 Å². The maximum atomic E-state index is 5.51. The molecule has 0 spiro atoms. The fraction of sp³-hybridized carbons (Fsp3) is 0.667. The second kappa shape index (κ2) is 3.79. The minimum Gasteiger partial charge on any atom is -0.382 e. The van der Waals surface area contributed by atoms with Crippen LogP contribution < -0.4 is 5.73 Å². The van der Waals surface area contributed by atoms with Crippen molar-refractivity contribution in [2.75, 3.05) is 25.4 Å². The number of hydrogen-bond donors (Lipinski definition) is 1. The Balaban J connectivity index is 1.67. The van der Waals surface area contributed by atoms with Crippen molar-refractivity contribution in [2.24, 2.45) is 0 Å². The Morgan fingerprint density at radius 3 is 2.77 bits per heavy atom. The van der Waals surface area contributed by atoms with Gasteiger partial charge in [-0.25, -0.2) is 0 Å². The van der Waals surface area contributed by atoms with Crippen LogP contribution in [0.25, 0.3) is 0 Å². The van der Waals surface area contributed by atoms with Gasteiger partial charge in [-0.3, -0.25) is 4.68 Å². The molecule has 0 amide bonds. The van der Waals surface area contributed by atoms with E-state index in [2.05, 4.69) is 10.00 Å². The van der Waals surface area contributed by atoms with Crippen molar-refractivity contribution in [3.05, 3.63) is 12.3 Å². The smallest absolute Gasteiger partial charge is 0.145 e. The minimum absolute atomic E-state index is 0.615. The molecule has 0 radical (unpaired) electrons. The number of rotatable bonds is 4. The molecule has 1 aliphatic heterocycles. The van der Waals surface area contributed by atoms with Gasteiger partial charge in [0.1, 0.15) is 5.82 Å². The topological polar surface area (TPSA) is 47.1 Å². The van der Waals surface area contributed by atoms with E-state index in [-0.39, 0.29) is 0 Å². The molecule has 1 aromatic rings. The number of nitrogen functional groups attached to an aromatic ring is 1. The summed E-state index contributed by atoms with van der Waals surface area (Å²) in [5, 5.41) is 4.13. The lowest BCUT2D eigenvalue weighted by Crippen LogP contribution is -2.38. The molecule has 72 valence electrons. The predicted molar refractivity (Wildman–Crippen MR) is 52.3 cm³/mol. The zero-order valence-electron chi connectivity index (χ0n) is 7.82. The van der Waals surface area contributed by atoms with E-state index in [1.165, 1.54) is 32.5 Å². The first kappa shape index (κ1) is 8.56. The van der Waals surface area contributed by atoms with Gasteiger partial charge in [0.2, 0.25) is 0 Å². The van der Waals surface area contributed by atoms with Crippen LogP contribution in [0.4, 0.5) is 5.82 Å².